The largest absolute Gasteiger partial charge is 0.0985 e. The van der Waals surface area contributed by atoms with Crippen LogP contribution in [0.15, 0.2) is 55.1 Å². The first kappa shape index (κ1) is 9.01. The Morgan fingerprint density at radius 2 is 1.71 bits per heavy atom. The molecular formula is C14H14. The molecule has 2 rings (SSSR count). The van der Waals surface area contributed by atoms with Crippen molar-refractivity contribution >= 4 is 6.08 Å². The number of allylic oxidation sites excluding steroid dienone is 4. The van der Waals surface area contributed by atoms with Crippen LogP contribution in [0.4, 0.5) is 0 Å². The van der Waals surface area contributed by atoms with Crippen LogP contribution in [0.3, 0.4) is 0 Å². The van der Waals surface area contributed by atoms with E-state index < -0.39 is 0 Å². The predicted octanol–water partition coefficient (Wildman–Crippen LogP) is 3.61. The summed E-state index contributed by atoms with van der Waals surface area (Å²) in [6, 6.07) is 8.59. The van der Waals surface area contributed by atoms with E-state index in [1.165, 1.54) is 11.1 Å². The lowest BCUT2D eigenvalue weighted by atomic mass is 10.00. The zero-order chi connectivity index (χ0) is 9.80. The van der Waals surface area contributed by atoms with Crippen LogP contribution in [0.1, 0.15) is 11.1 Å². The van der Waals surface area contributed by atoms with Gasteiger partial charge in [0.05, 0.1) is 0 Å². The van der Waals surface area contributed by atoms with Gasteiger partial charge in [-0.25, -0.2) is 0 Å². The van der Waals surface area contributed by atoms with Crippen LogP contribution in [-0.2, 0) is 6.42 Å². The van der Waals surface area contributed by atoms with Crippen molar-refractivity contribution in [1.29, 1.82) is 0 Å². The number of hydrogen-bond acceptors (Lipinski definition) is 0. The highest BCUT2D eigenvalue weighted by Gasteiger charge is 2.04. The van der Waals surface area contributed by atoms with E-state index in [2.05, 4.69) is 55.1 Å². The van der Waals surface area contributed by atoms with Crippen molar-refractivity contribution in [2.75, 3.05) is 0 Å². The van der Waals surface area contributed by atoms with Gasteiger partial charge in [-0.05, 0) is 23.5 Å². The maximum absolute atomic E-state index is 3.74. The monoisotopic (exact) mass is 182 g/mol. The van der Waals surface area contributed by atoms with Crippen LogP contribution in [0, 0.1) is 5.92 Å². The van der Waals surface area contributed by atoms with Gasteiger partial charge in [0.25, 0.3) is 0 Å². The Kier molecular flexibility index (Phi) is 2.64. The molecule has 0 saturated heterocycles. The first-order valence-corrected chi connectivity index (χ1v) is 4.95. The minimum absolute atomic E-state index is 0.588. The minimum atomic E-state index is 0.588. The Bertz CT molecular complexity index is 354. The summed E-state index contributed by atoms with van der Waals surface area (Å²) >= 11 is 0. The third-order valence-corrected chi connectivity index (χ3v) is 2.51. The maximum atomic E-state index is 3.74. The van der Waals surface area contributed by atoms with Gasteiger partial charge in [0.15, 0.2) is 0 Å². The Balaban J connectivity index is 2.06. The van der Waals surface area contributed by atoms with Crippen molar-refractivity contribution in [3.05, 3.63) is 66.3 Å². The molecule has 14 heavy (non-hydrogen) atoms. The van der Waals surface area contributed by atoms with E-state index in [0.717, 1.165) is 6.42 Å². The number of rotatable bonds is 3. The van der Waals surface area contributed by atoms with Crippen LogP contribution >= 0.6 is 0 Å². The average molecular weight is 182 g/mol. The van der Waals surface area contributed by atoms with Crippen molar-refractivity contribution in [2.24, 2.45) is 5.92 Å². The van der Waals surface area contributed by atoms with E-state index in [1.54, 1.807) is 0 Å². The third-order valence-electron chi connectivity index (χ3n) is 2.51. The van der Waals surface area contributed by atoms with Crippen LogP contribution in [-0.4, -0.2) is 0 Å². The molecule has 0 N–H and O–H groups in total. The smallest absolute Gasteiger partial charge is 0.000683 e. The fourth-order valence-corrected chi connectivity index (χ4v) is 1.68. The lowest BCUT2D eigenvalue weighted by Gasteiger charge is -2.05. The Hall–Kier alpha value is -1.56. The quantitative estimate of drug-likeness (QED) is 0.669. The minimum Gasteiger partial charge on any atom is -0.0985 e. The topological polar surface area (TPSA) is 0 Å². The normalized spacial score (nSPS) is 14.9. The molecule has 0 unspecified atom stereocenters. The van der Waals surface area contributed by atoms with E-state index in [-0.39, 0.29) is 0 Å². The van der Waals surface area contributed by atoms with Gasteiger partial charge in [0.1, 0.15) is 0 Å². The molecule has 0 radical (unpaired) electrons. The molecule has 0 spiro atoms. The van der Waals surface area contributed by atoms with E-state index in [0.29, 0.717) is 5.92 Å². The van der Waals surface area contributed by atoms with E-state index >= 15 is 0 Å². The molecule has 0 heterocycles. The van der Waals surface area contributed by atoms with Gasteiger partial charge in [-0.1, -0.05) is 61.2 Å². The van der Waals surface area contributed by atoms with Crippen molar-refractivity contribution in [3.63, 3.8) is 0 Å². The van der Waals surface area contributed by atoms with Crippen LogP contribution < -0.4 is 0 Å². The highest BCUT2D eigenvalue weighted by molar-refractivity contribution is 5.47. The third kappa shape index (κ3) is 2.02. The van der Waals surface area contributed by atoms with Gasteiger partial charge >= 0.3 is 0 Å². The lowest BCUT2D eigenvalue weighted by molar-refractivity contribution is 0.816. The van der Waals surface area contributed by atoms with Gasteiger partial charge in [0, 0.05) is 0 Å². The Labute approximate surface area is 85.3 Å². The molecule has 0 amide bonds. The summed E-state index contributed by atoms with van der Waals surface area (Å²) in [4.78, 5) is 0. The highest BCUT2D eigenvalue weighted by Crippen LogP contribution is 2.16. The summed E-state index contributed by atoms with van der Waals surface area (Å²) in [5.74, 6) is 0.588. The van der Waals surface area contributed by atoms with E-state index in [4.69, 9.17) is 0 Å². The predicted molar refractivity (Wildman–Crippen MR) is 62.0 cm³/mol. The van der Waals surface area contributed by atoms with E-state index in [9.17, 15) is 0 Å². The molecule has 70 valence electrons. The molecule has 0 saturated carbocycles. The summed E-state index contributed by atoms with van der Waals surface area (Å²) < 4.78 is 0. The first-order chi connectivity index (χ1) is 6.88. The van der Waals surface area contributed by atoms with Gasteiger partial charge in [-0.2, -0.15) is 0 Å². The Morgan fingerprint density at radius 3 is 2.29 bits per heavy atom. The second-order valence-corrected chi connectivity index (χ2v) is 3.58. The average Bonchev–Trinajstić information content (AvgIpc) is 2.72. The van der Waals surface area contributed by atoms with Crippen LogP contribution in [0.5, 0.6) is 0 Å². The van der Waals surface area contributed by atoms with Gasteiger partial charge in [-0.3, -0.25) is 0 Å². The molecule has 1 aromatic rings. The molecule has 0 atom stereocenters. The van der Waals surface area contributed by atoms with Crippen LogP contribution in [0.25, 0.3) is 6.08 Å². The van der Waals surface area contributed by atoms with Crippen molar-refractivity contribution in [2.45, 2.75) is 6.42 Å². The molecule has 0 aliphatic heterocycles. The first-order valence-electron chi connectivity index (χ1n) is 4.95. The van der Waals surface area contributed by atoms with E-state index in [1.807, 2.05) is 6.08 Å². The standard InChI is InChI=1S/C14H14/c1-2-12-7-9-14(10-8-12)11-13-5-3-4-6-13/h2-10,13H,1,11H2. The molecule has 0 bridgehead atoms. The number of benzene rings is 1. The van der Waals surface area contributed by atoms with Gasteiger partial charge in [0.2, 0.25) is 0 Å². The molecular weight excluding hydrogens is 168 g/mol. The van der Waals surface area contributed by atoms with Crippen molar-refractivity contribution in [3.8, 4) is 0 Å². The zero-order valence-electron chi connectivity index (χ0n) is 8.19. The number of hydrogen-bond donors (Lipinski definition) is 0. The molecule has 0 aromatic heterocycles. The highest BCUT2D eigenvalue weighted by atomic mass is 14.1. The molecule has 0 fully saturated rings. The maximum Gasteiger partial charge on any atom is -0.000683 e. The summed E-state index contributed by atoms with van der Waals surface area (Å²) in [5.41, 5.74) is 2.57. The second kappa shape index (κ2) is 4.10. The Morgan fingerprint density at radius 1 is 1.07 bits per heavy atom. The summed E-state index contributed by atoms with van der Waals surface area (Å²) in [6.07, 6.45) is 11.7. The molecule has 0 heteroatoms. The fraction of sp³-hybridized carbons (Fsp3) is 0.143. The van der Waals surface area contributed by atoms with Gasteiger partial charge < -0.3 is 0 Å². The fourth-order valence-electron chi connectivity index (χ4n) is 1.68. The molecule has 0 nitrogen and oxygen atoms in total. The SMILES string of the molecule is C=Cc1ccc(CC2C=CC=C2)cc1. The molecule has 1 aliphatic rings. The lowest BCUT2D eigenvalue weighted by Crippen LogP contribution is -1.95. The summed E-state index contributed by atoms with van der Waals surface area (Å²) in [5, 5.41) is 0. The summed E-state index contributed by atoms with van der Waals surface area (Å²) in [6.45, 7) is 3.74. The van der Waals surface area contributed by atoms with Crippen LogP contribution in [0.2, 0.25) is 0 Å². The van der Waals surface area contributed by atoms with Gasteiger partial charge in [-0.15, -0.1) is 0 Å². The molecule has 1 aromatic carbocycles. The second-order valence-electron chi connectivity index (χ2n) is 3.58. The summed E-state index contributed by atoms with van der Waals surface area (Å²) in [7, 11) is 0. The van der Waals surface area contributed by atoms with Crippen molar-refractivity contribution in [1.82, 2.24) is 0 Å². The van der Waals surface area contributed by atoms with Crippen molar-refractivity contribution < 1.29 is 0 Å². The molecule has 1 aliphatic carbocycles. The zero-order valence-corrected chi connectivity index (χ0v) is 8.19.